The van der Waals surface area contributed by atoms with Gasteiger partial charge in [0.05, 0.1) is 5.03 Å². The van der Waals surface area contributed by atoms with Crippen LogP contribution in [0, 0.1) is 0 Å². The molecule has 0 bridgehead atoms. The van der Waals surface area contributed by atoms with E-state index in [0.717, 1.165) is 23.6 Å². The van der Waals surface area contributed by atoms with Gasteiger partial charge in [0.15, 0.2) is 0 Å². The van der Waals surface area contributed by atoms with Gasteiger partial charge in [-0.2, -0.15) is 0 Å². The van der Waals surface area contributed by atoms with Crippen LogP contribution in [0.2, 0.25) is 0 Å². The van der Waals surface area contributed by atoms with E-state index in [1.54, 1.807) is 11.8 Å². The van der Waals surface area contributed by atoms with E-state index in [-0.39, 0.29) is 0 Å². The molecule has 1 rings (SSSR count). The molecule has 0 saturated carbocycles. The summed E-state index contributed by atoms with van der Waals surface area (Å²) in [6.07, 6.45) is 8.75. The zero-order chi connectivity index (χ0) is 12.5. The SMILES string of the molecule is CC(C)=CCC/C(C)=C\CSc1ccccn1. The van der Waals surface area contributed by atoms with Crippen LogP contribution in [0.5, 0.6) is 0 Å². The second-order valence-electron chi connectivity index (χ2n) is 4.35. The van der Waals surface area contributed by atoms with Crippen molar-refractivity contribution in [3.05, 3.63) is 47.7 Å². The summed E-state index contributed by atoms with van der Waals surface area (Å²) in [5, 5.41) is 1.10. The van der Waals surface area contributed by atoms with Crippen LogP contribution in [0.1, 0.15) is 33.6 Å². The summed E-state index contributed by atoms with van der Waals surface area (Å²) in [4.78, 5) is 4.29. The fourth-order valence-electron chi connectivity index (χ4n) is 1.39. The first-order chi connectivity index (χ1) is 8.18. The normalized spacial score (nSPS) is 11.4. The number of hydrogen-bond donors (Lipinski definition) is 0. The molecular weight excluding hydrogens is 226 g/mol. The quantitative estimate of drug-likeness (QED) is 0.525. The van der Waals surface area contributed by atoms with Gasteiger partial charge in [0.25, 0.3) is 0 Å². The van der Waals surface area contributed by atoms with Crippen molar-refractivity contribution in [2.75, 3.05) is 5.75 Å². The molecule has 0 atom stereocenters. The van der Waals surface area contributed by atoms with Crippen molar-refractivity contribution in [3.8, 4) is 0 Å². The summed E-state index contributed by atoms with van der Waals surface area (Å²) in [6.45, 7) is 6.50. The van der Waals surface area contributed by atoms with Crippen LogP contribution in [0.15, 0.2) is 52.7 Å². The highest BCUT2D eigenvalue weighted by atomic mass is 32.2. The molecule has 0 N–H and O–H groups in total. The van der Waals surface area contributed by atoms with E-state index in [4.69, 9.17) is 0 Å². The highest BCUT2D eigenvalue weighted by Crippen LogP contribution is 2.15. The van der Waals surface area contributed by atoms with Gasteiger partial charge < -0.3 is 0 Å². The lowest BCUT2D eigenvalue weighted by atomic mass is 10.1. The van der Waals surface area contributed by atoms with E-state index in [2.05, 4.69) is 44.0 Å². The summed E-state index contributed by atoms with van der Waals surface area (Å²) in [6, 6.07) is 6.03. The average Bonchev–Trinajstić information content (AvgIpc) is 2.30. The maximum atomic E-state index is 4.29. The van der Waals surface area contributed by atoms with Crippen molar-refractivity contribution in [3.63, 3.8) is 0 Å². The predicted octanol–water partition coefficient (Wildman–Crippen LogP) is 4.87. The molecule has 17 heavy (non-hydrogen) atoms. The third-order valence-electron chi connectivity index (χ3n) is 2.39. The van der Waals surface area contributed by atoms with Crippen LogP contribution in [0.25, 0.3) is 0 Å². The van der Waals surface area contributed by atoms with E-state index in [9.17, 15) is 0 Å². The molecule has 1 aromatic heterocycles. The van der Waals surface area contributed by atoms with Crippen LogP contribution in [-0.2, 0) is 0 Å². The topological polar surface area (TPSA) is 12.9 Å². The summed E-state index contributed by atoms with van der Waals surface area (Å²) < 4.78 is 0. The Kier molecular flexibility index (Phi) is 6.71. The predicted molar refractivity (Wildman–Crippen MR) is 77.4 cm³/mol. The van der Waals surface area contributed by atoms with Gasteiger partial charge in [-0.05, 0) is 45.7 Å². The van der Waals surface area contributed by atoms with E-state index >= 15 is 0 Å². The second kappa shape index (κ2) is 8.13. The van der Waals surface area contributed by atoms with E-state index < -0.39 is 0 Å². The Bertz CT molecular complexity index is 375. The molecule has 0 aliphatic rings. The second-order valence-corrected chi connectivity index (χ2v) is 5.39. The molecule has 0 saturated heterocycles. The molecule has 2 heteroatoms. The van der Waals surface area contributed by atoms with E-state index in [0.29, 0.717) is 0 Å². The number of pyridine rings is 1. The van der Waals surface area contributed by atoms with Gasteiger partial charge in [-0.25, -0.2) is 4.98 Å². The Hall–Kier alpha value is -1.02. The minimum absolute atomic E-state index is 1.01. The summed E-state index contributed by atoms with van der Waals surface area (Å²) in [7, 11) is 0. The van der Waals surface area contributed by atoms with Crippen molar-refractivity contribution in [1.82, 2.24) is 4.98 Å². The van der Waals surface area contributed by atoms with Crippen molar-refractivity contribution in [1.29, 1.82) is 0 Å². The standard InChI is InChI=1S/C15H21NS/c1-13(2)7-6-8-14(3)10-12-17-15-9-4-5-11-16-15/h4-5,7,9-11H,6,8,12H2,1-3H3/b14-10-. The fourth-order valence-corrected chi connectivity index (χ4v) is 2.24. The molecule has 0 amide bonds. The van der Waals surface area contributed by atoms with Crippen molar-refractivity contribution < 1.29 is 0 Å². The third kappa shape index (κ3) is 7.01. The Morgan fingerprint density at radius 1 is 1.24 bits per heavy atom. The maximum absolute atomic E-state index is 4.29. The van der Waals surface area contributed by atoms with Gasteiger partial charge >= 0.3 is 0 Å². The number of nitrogens with zero attached hydrogens (tertiary/aromatic N) is 1. The van der Waals surface area contributed by atoms with Crippen LogP contribution in [0.3, 0.4) is 0 Å². The number of rotatable bonds is 6. The van der Waals surface area contributed by atoms with Gasteiger partial charge in [-0.3, -0.25) is 0 Å². The average molecular weight is 247 g/mol. The smallest absolute Gasteiger partial charge is 0.0962 e. The molecule has 0 fully saturated rings. The van der Waals surface area contributed by atoms with Crippen molar-refractivity contribution in [2.24, 2.45) is 0 Å². The monoisotopic (exact) mass is 247 g/mol. The number of aromatic nitrogens is 1. The van der Waals surface area contributed by atoms with Crippen LogP contribution < -0.4 is 0 Å². The molecule has 1 nitrogen and oxygen atoms in total. The lowest BCUT2D eigenvalue weighted by molar-refractivity contribution is 0.964. The van der Waals surface area contributed by atoms with Gasteiger partial charge in [-0.15, -0.1) is 11.8 Å². The summed E-state index contributed by atoms with van der Waals surface area (Å²) >= 11 is 1.79. The molecule has 92 valence electrons. The molecule has 0 spiro atoms. The number of allylic oxidation sites excluding steroid dienone is 3. The number of hydrogen-bond acceptors (Lipinski definition) is 2. The zero-order valence-electron chi connectivity index (χ0n) is 10.9. The molecule has 1 heterocycles. The van der Waals surface area contributed by atoms with Crippen LogP contribution in [0.4, 0.5) is 0 Å². The van der Waals surface area contributed by atoms with Gasteiger partial charge in [0, 0.05) is 11.9 Å². The lowest BCUT2D eigenvalue weighted by Crippen LogP contribution is -1.82. The zero-order valence-corrected chi connectivity index (χ0v) is 11.8. The first-order valence-corrected chi connectivity index (χ1v) is 7.00. The van der Waals surface area contributed by atoms with Crippen LogP contribution in [-0.4, -0.2) is 10.7 Å². The minimum atomic E-state index is 1.01. The van der Waals surface area contributed by atoms with Gasteiger partial charge in [-0.1, -0.05) is 29.4 Å². The molecule has 0 unspecified atom stereocenters. The highest BCUT2D eigenvalue weighted by Gasteiger charge is 1.93. The third-order valence-corrected chi connectivity index (χ3v) is 3.26. The molecule has 0 aliphatic carbocycles. The van der Waals surface area contributed by atoms with E-state index in [1.807, 2.05) is 18.3 Å². The van der Waals surface area contributed by atoms with Crippen LogP contribution >= 0.6 is 11.8 Å². The molecular formula is C15H21NS. The van der Waals surface area contributed by atoms with Gasteiger partial charge in [0.1, 0.15) is 0 Å². The first-order valence-electron chi connectivity index (χ1n) is 6.01. The molecule has 1 aromatic rings. The molecule has 0 aliphatic heterocycles. The largest absolute Gasteiger partial charge is 0.250 e. The summed E-state index contributed by atoms with van der Waals surface area (Å²) in [5.74, 6) is 1.01. The highest BCUT2D eigenvalue weighted by molar-refractivity contribution is 7.99. The molecule has 0 radical (unpaired) electrons. The van der Waals surface area contributed by atoms with Crippen molar-refractivity contribution >= 4 is 11.8 Å². The Balaban J connectivity index is 2.26. The Morgan fingerprint density at radius 2 is 2.06 bits per heavy atom. The van der Waals surface area contributed by atoms with Crippen molar-refractivity contribution in [2.45, 2.75) is 38.6 Å². The first kappa shape index (κ1) is 14.0. The summed E-state index contributed by atoms with van der Waals surface area (Å²) in [5.41, 5.74) is 2.87. The Labute approximate surface area is 109 Å². The lowest BCUT2D eigenvalue weighted by Gasteiger charge is -2.00. The maximum Gasteiger partial charge on any atom is 0.0962 e. The number of thioether (sulfide) groups is 1. The fraction of sp³-hybridized carbons (Fsp3) is 0.400. The Morgan fingerprint density at radius 3 is 2.71 bits per heavy atom. The molecule has 0 aromatic carbocycles. The minimum Gasteiger partial charge on any atom is -0.250 e. The van der Waals surface area contributed by atoms with Gasteiger partial charge in [0.2, 0.25) is 0 Å². The van der Waals surface area contributed by atoms with E-state index in [1.165, 1.54) is 11.1 Å².